The zero-order valence-electron chi connectivity index (χ0n) is 9.82. The molecule has 0 amide bonds. The zero-order chi connectivity index (χ0) is 14.8. The summed E-state index contributed by atoms with van der Waals surface area (Å²) >= 11 is 5.77. The van der Waals surface area contributed by atoms with Crippen molar-refractivity contribution < 1.29 is 22.7 Å². The third kappa shape index (κ3) is 3.08. The fourth-order valence-electron chi connectivity index (χ4n) is 1.47. The Morgan fingerprint density at radius 3 is 2.60 bits per heavy atom. The Kier molecular flexibility index (Phi) is 3.94. The van der Waals surface area contributed by atoms with Crippen molar-refractivity contribution in [1.29, 1.82) is 0 Å². The number of hydrogen-bond acceptors (Lipinski definition) is 3. The zero-order valence-corrected chi connectivity index (χ0v) is 10.6. The maximum Gasteiger partial charge on any atom is 0.421 e. The molecule has 2 aromatic rings. The Labute approximate surface area is 117 Å². The molecular formula is C13H7ClF3NO2. The summed E-state index contributed by atoms with van der Waals surface area (Å²) in [7, 11) is 0. The minimum atomic E-state index is -4.57. The van der Waals surface area contributed by atoms with Gasteiger partial charge in [-0.1, -0.05) is 11.6 Å². The van der Waals surface area contributed by atoms with E-state index < -0.39 is 17.6 Å². The van der Waals surface area contributed by atoms with Crippen LogP contribution in [0.15, 0.2) is 36.5 Å². The number of aldehydes is 1. The van der Waals surface area contributed by atoms with Crippen molar-refractivity contribution in [3.05, 3.63) is 52.7 Å². The van der Waals surface area contributed by atoms with E-state index in [0.29, 0.717) is 6.29 Å². The van der Waals surface area contributed by atoms with Gasteiger partial charge in [-0.15, -0.1) is 0 Å². The lowest BCUT2D eigenvalue weighted by molar-refractivity contribution is -0.138. The van der Waals surface area contributed by atoms with E-state index >= 15 is 0 Å². The molecule has 0 unspecified atom stereocenters. The number of carbonyl (C=O) groups is 1. The Morgan fingerprint density at radius 1 is 1.25 bits per heavy atom. The first kappa shape index (κ1) is 14.3. The number of halogens is 4. The quantitative estimate of drug-likeness (QED) is 0.791. The van der Waals surface area contributed by atoms with Gasteiger partial charge in [0, 0.05) is 17.8 Å². The number of benzene rings is 1. The number of ether oxygens (including phenoxy) is 1. The molecule has 1 aromatic carbocycles. The monoisotopic (exact) mass is 301 g/mol. The first-order chi connectivity index (χ1) is 9.41. The van der Waals surface area contributed by atoms with E-state index in [1.807, 2.05) is 0 Å². The molecule has 0 radical (unpaired) electrons. The van der Waals surface area contributed by atoms with Gasteiger partial charge in [0.15, 0.2) is 6.29 Å². The second kappa shape index (κ2) is 5.50. The Balaban J connectivity index is 2.36. The third-order valence-corrected chi connectivity index (χ3v) is 2.72. The highest BCUT2D eigenvalue weighted by molar-refractivity contribution is 6.33. The van der Waals surface area contributed by atoms with Gasteiger partial charge < -0.3 is 4.74 Å². The standard InChI is InChI=1S/C13H7ClF3NO2/c14-11-6-9(4-3-8(11)7-19)20-12-10(13(15,16)17)2-1-5-18-12/h1-7H. The summed E-state index contributed by atoms with van der Waals surface area (Å²) in [5.41, 5.74) is -0.772. The predicted octanol–water partition coefficient (Wildman–Crippen LogP) is 4.36. The number of pyridine rings is 1. The number of carbonyl (C=O) groups excluding carboxylic acids is 1. The lowest BCUT2D eigenvalue weighted by Crippen LogP contribution is -2.08. The maximum absolute atomic E-state index is 12.8. The summed E-state index contributed by atoms with van der Waals surface area (Å²) < 4.78 is 43.4. The third-order valence-electron chi connectivity index (χ3n) is 2.39. The van der Waals surface area contributed by atoms with Gasteiger partial charge in [0.05, 0.1) is 5.02 Å². The van der Waals surface area contributed by atoms with Crippen LogP contribution in [0.1, 0.15) is 15.9 Å². The van der Waals surface area contributed by atoms with Gasteiger partial charge in [0.1, 0.15) is 11.3 Å². The van der Waals surface area contributed by atoms with Crippen LogP contribution < -0.4 is 4.74 Å². The molecule has 3 nitrogen and oxygen atoms in total. The molecular weight excluding hydrogens is 295 g/mol. The summed E-state index contributed by atoms with van der Waals surface area (Å²) in [4.78, 5) is 14.2. The first-order valence-electron chi connectivity index (χ1n) is 5.36. The molecule has 0 atom stereocenters. The second-order valence-corrected chi connectivity index (χ2v) is 4.16. The Morgan fingerprint density at radius 2 is 2.00 bits per heavy atom. The number of aromatic nitrogens is 1. The molecule has 0 aliphatic rings. The highest BCUT2D eigenvalue weighted by Gasteiger charge is 2.35. The Bertz CT molecular complexity index is 644. The summed E-state index contributed by atoms with van der Waals surface area (Å²) in [5, 5.41) is 0.0852. The smallest absolute Gasteiger partial charge is 0.421 e. The van der Waals surface area contributed by atoms with E-state index in [4.69, 9.17) is 16.3 Å². The minimum Gasteiger partial charge on any atom is -0.438 e. The Hall–Kier alpha value is -2.08. The van der Waals surface area contributed by atoms with Crippen molar-refractivity contribution in [2.24, 2.45) is 0 Å². The van der Waals surface area contributed by atoms with Gasteiger partial charge in [0.2, 0.25) is 5.88 Å². The average Bonchev–Trinajstić information content (AvgIpc) is 2.38. The van der Waals surface area contributed by atoms with Crippen LogP contribution in [-0.2, 0) is 6.18 Å². The van der Waals surface area contributed by atoms with Crippen LogP contribution in [0.25, 0.3) is 0 Å². The van der Waals surface area contributed by atoms with E-state index in [1.165, 1.54) is 24.4 Å². The van der Waals surface area contributed by atoms with Crippen molar-refractivity contribution >= 4 is 17.9 Å². The van der Waals surface area contributed by atoms with Crippen LogP contribution in [0.5, 0.6) is 11.6 Å². The fourth-order valence-corrected chi connectivity index (χ4v) is 1.68. The van der Waals surface area contributed by atoms with Gasteiger partial charge in [-0.3, -0.25) is 4.79 Å². The van der Waals surface area contributed by atoms with Crippen molar-refractivity contribution in [3.63, 3.8) is 0 Å². The minimum absolute atomic E-state index is 0.0600. The van der Waals surface area contributed by atoms with Crippen molar-refractivity contribution in [2.45, 2.75) is 6.18 Å². The van der Waals surface area contributed by atoms with E-state index in [1.54, 1.807) is 0 Å². The van der Waals surface area contributed by atoms with Crippen LogP contribution >= 0.6 is 11.6 Å². The highest BCUT2D eigenvalue weighted by Crippen LogP contribution is 2.36. The predicted molar refractivity (Wildman–Crippen MR) is 66.2 cm³/mol. The SMILES string of the molecule is O=Cc1ccc(Oc2ncccc2C(F)(F)F)cc1Cl. The number of hydrogen-bond donors (Lipinski definition) is 0. The van der Waals surface area contributed by atoms with Crippen molar-refractivity contribution in [1.82, 2.24) is 4.98 Å². The maximum atomic E-state index is 12.8. The van der Waals surface area contributed by atoms with Gasteiger partial charge >= 0.3 is 6.18 Å². The summed E-state index contributed by atoms with van der Waals surface area (Å²) in [6.07, 6.45) is -2.85. The fraction of sp³-hybridized carbons (Fsp3) is 0.0769. The molecule has 7 heteroatoms. The molecule has 1 aromatic heterocycles. The van der Waals surface area contributed by atoms with Crippen LogP contribution in [0.2, 0.25) is 5.02 Å². The molecule has 0 N–H and O–H groups in total. The molecule has 0 aliphatic carbocycles. The highest BCUT2D eigenvalue weighted by atomic mass is 35.5. The van der Waals surface area contributed by atoms with Crippen LogP contribution in [0.3, 0.4) is 0 Å². The van der Waals surface area contributed by atoms with E-state index in [9.17, 15) is 18.0 Å². The molecule has 0 saturated heterocycles. The molecule has 1 heterocycles. The van der Waals surface area contributed by atoms with Crippen molar-refractivity contribution in [2.75, 3.05) is 0 Å². The van der Waals surface area contributed by atoms with Gasteiger partial charge in [-0.2, -0.15) is 13.2 Å². The molecule has 2 rings (SSSR count). The number of nitrogens with zero attached hydrogens (tertiary/aromatic N) is 1. The second-order valence-electron chi connectivity index (χ2n) is 3.76. The normalized spacial score (nSPS) is 11.2. The average molecular weight is 302 g/mol. The van der Waals surface area contributed by atoms with Crippen LogP contribution in [0.4, 0.5) is 13.2 Å². The molecule has 0 aliphatic heterocycles. The number of rotatable bonds is 3. The lowest BCUT2D eigenvalue weighted by Gasteiger charge is -2.12. The van der Waals surface area contributed by atoms with Gasteiger partial charge in [-0.25, -0.2) is 4.98 Å². The molecule has 0 saturated carbocycles. The van der Waals surface area contributed by atoms with E-state index in [0.717, 1.165) is 12.1 Å². The summed E-state index contributed by atoms with van der Waals surface area (Å²) in [6, 6.07) is 5.97. The van der Waals surface area contributed by atoms with Crippen LogP contribution in [0, 0.1) is 0 Å². The largest absolute Gasteiger partial charge is 0.438 e. The van der Waals surface area contributed by atoms with E-state index in [-0.39, 0.29) is 16.3 Å². The summed E-state index contributed by atoms with van der Waals surface area (Å²) in [6.45, 7) is 0. The first-order valence-corrected chi connectivity index (χ1v) is 5.74. The van der Waals surface area contributed by atoms with Crippen LogP contribution in [-0.4, -0.2) is 11.3 Å². The van der Waals surface area contributed by atoms with Gasteiger partial charge in [-0.05, 0) is 24.3 Å². The van der Waals surface area contributed by atoms with Gasteiger partial charge in [0.25, 0.3) is 0 Å². The molecule has 0 fully saturated rings. The topological polar surface area (TPSA) is 39.2 Å². The molecule has 0 spiro atoms. The lowest BCUT2D eigenvalue weighted by atomic mass is 10.2. The van der Waals surface area contributed by atoms with Crippen molar-refractivity contribution in [3.8, 4) is 11.6 Å². The van der Waals surface area contributed by atoms with E-state index in [2.05, 4.69) is 4.98 Å². The molecule has 104 valence electrons. The summed E-state index contributed by atoms with van der Waals surface area (Å²) in [5.74, 6) is -0.514. The number of alkyl halides is 3. The molecule has 20 heavy (non-hydrogen) atoms. The molecule has 0 bridgehead atoms.